The maximum Gasteiger partial charge on any atom is 0.248 e. The molecule has 0 saturated heterocycles. The summed E-state index contributed by atoms with van der Waals surface area (Å²) in [5.74, 6) is 1.55. The summed E-state index contributed by atoms with van der Waals surface area (Å²) in [6, 6.07) is 21.1. The van der Waals surface area contributed by atoms with E-state index in [9.17, 15) is 4.79 Å². The number of methoxy groups -OCH3 is 1. The largest absolute Gasteiger partial charge is 0.497 e. The molecule has 4 rings (SSSR count). The second kappa shape index (κ2) is 8.88. The van der Waals surface area contributed by atoms with Crippen LogP contribution in [0.4, 0.5) is 5.69 Å². The number of anilines is 1. The van der Waals surface area contributed by atoms with Gasteiger partial charge in [-0.1, -0.05) is 38.1 Å². The molecular weight excluding hydrogens is 388 g/mol. The number of carbonyl (C=O) groups is 1. The van der Waals surface area contributed by atoms with Crippen LogP contribution in [0, 0.1) is 0 Å². The fourth-order valence-corrected chi connectivity index (χ4v) is 3.20. The fourth-order valence-electron chi connectivity index (χ4n) is 3.20. The number of amides is 1. The maximum absolute atomic E-state index is 12.3. The van der Waals surface area contributed by atoms with Gasteiger partial charge in [-0.2, -0.15) is 0 Å². The van der Waals surface area contributed by atoms with E-state index in [1.54, 1.807) is 13.2 Å². The second-order valence-electron chi connectivity index (χ2n) is 7.57. The number of hydrogen-bond acceptors (Lipinski definition) is 4. The Hall–Kier alpha value is -3.86. The van der Waals surface area contributed by atoms with Crippen molar-refractivity contribution < 1.29 is 13.9 Å². The van der Waals surface area contributed by atoms with Gasteiger partial charge < -0.3 is 14.5 Å². The van der Waals surface area contributed by atoms with Crippen molar-refractivity contribution in [3.63, 3.8) is 0 Å². The zero-order valence-electron chi connectivity index (χ0n) is 17.8. The topological polar surface area (TPSA) is 64.4 Å². The minimum atomic E-state index is -0.186. The summed E-state index contributed by atoms with van der Waals surface area (Å²) in [5, 5.41) is 2.87. The highest BCUT2D eigenvalue weighted by molar-refractivity contribution is 6.02. The van der Waals surface area contributed by atoms with E-state index in [2.05, 4.69) is 36.3 Å². The Morgan fingerprint density at radius 2 is 1.77 bits per heavy atom. The highest BCUT2D eigenvalue weighted by atomic mass is 16.5. The lowest BCUT2D eigenvalue weighted by molar-refractivity contribution is -0.111. The van der Waals surface area contributed by atoms with E-state index >= 15 is 0 Å². The van der Waals surface area contributed by atoms with E-state index in [1.807, 2.05) is 54.6 Å². The Kier molecular flexibility index (Phi) is 5.85. The lowest BCUT2D eigenvalue weighted by atomic mass is 10.0. The quantitative estimate of drug-likeness (QED) is 0.379. The highest BCUT2D eigenvalue weighted by Gasteiger charge is 2.09. The molecule has 0 saturated carbocycles. The number of oxazole rings is 1. The highest BCUT2D eigenvalue weighted by Crippen LogP contribution is 2.27. The summed E-state index contributed by atoms with van der Waals surface area (Å²) >= 11 is 0. The van der Waals surface area contributed by atoms with Gasteiger partial charge in [0.05, 0.1) is 7.11 Å². The first-order valence-corrected chi connectivity index (χ1v) is 10.2. The van der Waals surface area contributed by atoms with Crippen LogP contribution < -0.4 is 10.1 Å². The maximum atomic E-state index is 12.3. The Balaban J connectivity index is 1.41. The van der Waals surface area contributed by atoms with Crippen molar-refractivity contribution in [2.24, 2.45) is 0 Å². The van der Waals surface area contributed by atoms with Crippen molar-refractivity contribution in [1.82, 2.24) is 4.98 Å². The van der Waals surface area contributed by atoms with Gasteiger partial charge in [0.15, 0.2) is 5.58 Å². The average Bonchev–Trinajstić information content (AvgIpc) is 3.21. The molecule has 1 amide bonds. The summed E-state index contributed by atoms with van der Waals surface area (Å²) in [6.45, 7) is 4.32. The number of fused-ring (bicyclic) bond motifs is 1. The molecule has 156 valence electrons. The lowest BCUT2D eigenvalue weighted by Gasteiger charge is -2.05. The number of ether oxygens (including phenoxy) is 1. The van der Waals surface area contributed by atoms with Crippen LogP contribution in [0.3, 0.4) is 0 Å². The van der Waals surface area contributed by atoms with Crippen LogP contribution in [-0.4, -0.2) is 18.0 Å². The Morgan fingerprint density at radius 3 is 2.45 bits per heavy atom. The number of carbonyl (C=O) groups excluding carboxylic acids is 1. The van der Waals surface area contributed by atoms with E-state index in [0.717, 1.165) is 22.4 Å². The minimum Gasteiger partial charge on any atom is -0.497 e. The third-order valence-corrected chi connectivity index (χ3v) is 5.02. The number of hydrogen-bond donors (Lipinski definition) is 1. The SMILES string of the molecule is COc1ccc2oc(-c3ccc(NC(=O)C=Cc4ccc(C(C)C)cc4)cc3)nc2c1. The van der Waals surface area contributed by atoms with Crippen LogP contribution in [0.2, 0.25) is 0 Å². The molecule has 1 heterocycles. The van der Waals surface area contributed by atoms with Crippen LogP contribution in [0.15, 0.2) is 77.2 Å². The number of nitrogens with one attached hydrogen (secondary N) is 1. The lowest BCUT2D eigenvalue weighted by Crippen LogP contribution is -2.07. The second-order valence-corrected chi connectivity index (χ2v) is 7.57. The van der Waals surface area contributed by atoms with Crippen LogP contribution in [0.25, 0.3) is 28.6 Å². The van der Waals surface area contributed by atoms with Crippen LogP contribution in [0.1, 0.15) is 30.9 Å². The average molecular weight is 412 g/mol. The minimum absolute atomic E-state index is 0.186. The first kappa shape index (κ1) is 20.4. The van der Waals surface area contributed by atoms with E-state index in [-0.39, 0.29) is 5.91 Å². The number of aromatic nitrogens is 1. The molecule has 4 aromatic rings. The summed E-state index contributed by atoms with van der Waals surface area (Å²) in [5.41, 5.74) is 5.22. The molecule has 1 aromatic heterocycles. The van der Waals surface area contributed by atoms with Gasteiger partial charge in [0.25, 0.3) is 0 Å². The standard InChI is InChI=1S/C26H24N2O3/c1-17(2)19-7-4-18(5-8-19)6-15-25(29)27-21-11-9-20(10-12-21)26-28-23-16-22(30-3)13-14-24(23)31-26/h4-17H,1-3H3,(H,27,29). The van der Waals surface area contributed by atoms with Gasteiger partial charge in [-0.15, -0.1) is 0 Å². The normalized spacial score (nSPS) is 11.4. The van der Waals surface area contributed by atoms with Crippen LogP contribution in [-0.2, 0) is 4.79 Å². The molecule has 5 nitrogen and oxygen atoms in total. The van der Waals surface area contributed by atoms with Gasteiger partial charge in [0, 0.05) is 23.4 Å². The van der Waals surface area contributed by atoms with Crippen LogP contribution in [0.5, 0.6) is 5.75 Å². The molecule has 0 radical (unpaired) electrons. The molecule has 0 fully saturated rings. The zero-order chi connectivity index (χ0) is 21.8. The van der Waals surface area contributed by atoms with Crippen molar-refractivity contribution in [3.8, 4) is 17.2 Å². The molecule has 0 atom stereocenters. The van der Waals surface area contributed by atoms with Crippen molar-refractivity contribution >= 4 is 28.8 Å². The number of nitrogens with zero attached hydrogens (tertiary/aromatic N) is 1. The summed E-state index contributed by atoms with van der Waals surface area (Å²) < 4.78 is 11.0. The Labute approximate surface area is 181 Å². The van der Waals surface area contributed by atoms with Crippen LogP contribution >= 0.6 is 0 Å². The number of benzene rings is 3. The van der Waals surface area contributed by atoms with E-state index < -0.39 is 0 Å². The molecule has 0 unspecified atom stereocenters. The molecule has 0 aliphatic rings. The molecule has 31 heavy (non-hydrogen) atoms. The Bertz CT molecular complexity index is 1220. The third-order valence-electron chi connectivity index (χ3n) is 5.02. The van der Waals surface area contributed by atoms with Gasteiger partial charge in [0.2, 0.25) is 11.8 Å². The van der Waals surface area contributed by atoms with Crippen molar-refractivity contribution in [3.05, 3.63) is 83.9 Å². The van der Waals surface area contributed by atoms with E-state index in [1.165, 1.54) is 11.6 Å². The van der Waals surface area contributed by atoms with E-state index in [4.69, 9.17) is 9.15 Å². The third kappa shape index (κ3) is 4.83. The Morgan fingerprint density at radius 1 is 1.03 bits per heavy atom. The molecule has 5 heteroatoms. The smallest absolute Gasteiger partial charge is 0.248 e. The van der Waals surface area contributed by atoms with Gasteiger partial charge in [0.1, 0.15) is 11.3 Å². The predicted molar refractivity (Wildman–Crippen MR) is 124 cm³/mol. The monoisotopic (exact) mass is 412 g/mol. The summed E-state index contributed by atoms with van der Waals surface area (Å²) in [7, 11) is 1.62. The van der Waals surface area contributed by atoms with Gasteiger partial charge in [-0.25, -0.2) is 4.98 Å². The van der Waals surface area contributed by atoms with Gasteiger partial charge >= 0.3 is 0 Å². The molecule has 0 aliphatic heterocycles. The molecule has 0 bridgehead atoms. The summed E-state index contributed by atoms with van der Waals surface area (Å²) in [6.07, 6.45) is 3.34. The summed E-state index contributed by atoms with van der Waals surface area (Å²) in [4.78, 5) is 16.8. The number of rotatable bonds is 6. The first-order valence-electron chi connectivity index (χ1n) is 10.2. The molecule has 1 N–H and O–H groups in total. The molecule has 0 spiro atoms. The van der Waals surface area contributed by atoms with Crippen molar-refractivity contribution in [1.29, 1.82) is 0 Å². The van der Waals surface area contributed by atoms with Crippen molar-refractivity contribution in [2.75, 3.05) is 12.4 Å². The first-order chi connectivity index (χ1) is 15.0. The van der Waals surface area contributed by atoms with E-state index in [0.29, 0.717) is 23.1 Å². The molecular formula is C26H24N2O3. The zero-order valence-corrected chi connectivity index (χ0v) is 17.8. The predicted octanol–water partition coefficient (Wildman–Crippen LogP) is 6.28. The molecule has 3 aromatic carbocycles. The van der Waals surface area contributed by atoms with Gasteiger partial charge in [-0.05, 0) is 59.5 Å². The fraction of sp³-hybridized carbons (Fsp3) is 0.154. The van der Waals surface area contributed by atoms with Gasteiger partial charge in [-0.3, -0.25) is 4.79 Å². The van der Waals surface area contributed by atoms with Crippen molar-refractivity contribution in [2.45, 2.75) is 19.8 Å². The molecule has 0 aliphatic carbocycles.